The van der Waals surface area contributed by atoms with Crippen LogP contribution in [0.3, 0.4) is 0 Å². The molecule has 0 saturated heterocycles. The highest BCUT2D eigenvalue weighted by molar-refractivity contribution is 6.63. The van der Waals surface area contributed by atoms with Gasteiger partial charge < -0.3 is 4.65 Å². The second-order valence-electron chi connectivity index (χ2n) is 1.86. The van der Waals surface area contributed by atoms with E-state index >= 15 is 0 Å². The van der Waals surface area contributed by atoms with Gasteiger partial charge in [0.1, 0.15) is 0 Å². The van der Waals surface area contributed by atoms with E-state index in [0.717, 1.165) is 0 Å². The zero-order chi connectivity index (χ0) is 6.53. The number of hydrogen-bond acceptors (Lipinski definition) is 1. The van der Waals surface area contributed by atoms with Crippen LogP contribution >= 0.6 is 0 Å². The van der Waals surface area contributed by atoms with Crippen molar-refractivity contribution < 1.29 is 4.65 Å². The smallest absolute Gasteiger partial charge is 0.346 e. The van der Waals surface area contributed by atoms with Crippen molar-refractivity contribution >= 4 is 6.92 Å². The van der Waals surface area contributed by atoms with E-state index in [2.05, 4.69) is 0 Å². The van der Waals surface area contributed by atoms with Gasteiger partial charge in [-0.3, -0.25) is 0 Å². The largest absolute Gasteiger partial charge is 0.430 e. The highest BCUT2D eigenvalue weighted by Gasteiger charge is 2.02. The molecule has 1 heterocycles. The maximum Gasteiger partial charge on any atom is 0.346 e. The van der Waals surface area contributed by atoms with Crippen molar-refractivity contribution in [1.82, 2.24) is 0 Å². The first kappa shape index (κ1) is 6.37. The fraction of sp³-hybridized carbons (Fsp3) is 0.143. The van der Waals surface area contributed by atoms with Crippen LogP contribution in [0.1, 0.15) is 0 Å². The molecule has 0 aromatic rings. The quantitative estimate of drug-likeness (QED) is 0.475. The topological polar surface area (TPSA) is 9.23 Å². The van der Waals surface area contributed by atoms with E-state index in [-0.39, 0.29) is 6.92 Å². The molecule has 0 saturated carbocycles. The summed E-state index contributed by atoms with van der Waals surface area (Å²) in [4.78, 5) is 0. The molecule has 46 valence electrons. The van der Waals surface area contributed by atoms with Gasteiger partial charge in [-0.2, -0.15) is 0 Å². The highest BCUT2D eigenvalue weighted by atomic mass is 16.4. The van der Waals surface area contributed by atoms with E-state index in [9.17, 15) is 0 Å². The fourth-order valence-electron chi connectivity index (χ4n) is 0.697. The summed E-state index contributed by atoms with van der Waals surface area (Å²) in [5.41, 5.74) is 0. The summed E-state index contributed by atoms with van der Waals surface area (Å²) in [6, 6.07) is 0. The van der Waals surface area contributed by atoms with Crippen molar-refractivity contribution in [3.05, 3.63) is 36.3 Å². The monoisotopic (exact) mass is 120 g/mol. The third kappa shape index (κ3) is 1.90. The molecule has 0 unspecified atom stereocenters. The molecular weight excluding hydrogens is 111 g/mol. The van der Waals surface area contributed by atoms with E-state index < -0.39 is 0 Å². The van der Waals surface area contributed by atoms with Gasteiger partial charge in [0.05, 0.1) is 0 Å². The highest BCUT2D eigenvalue weighted by Crippen LogP contribution is 1.94. The van der Waals surface area contributed by atoms with Crippen LogP contribution in [0.4, 0.5) is 0 Å². The second kappa shape index (κ2) is 3.31. The van der Waals surface area contributed by atoms with Gasteiger partial charge in [0.15, 0.2) is 0 Å². The minimum atomic E-state index is 0.153. The van der Waals surface area contributed by atoms with Crippen molar-refractivity contribution in [2.45, 2.75) is 0 Å². The first-order chi connectivity index (χ1) is 4.43. The van der Waals surface area contributed by atoms with Gasteiger partial charge in [-0.05, 0) is 0 Å². The Labute approximate surface area is 55.8 Å². The maximum atomic E-state index is 5.06. The van der Waals surface area contributed by atoms with Gasteiger partial charge in [-0.1, -0.05) is 36.3 Å². The predicted octanol–water partition coefficient (Wildman–Crippen LogP) is 1.38. The van der Waals surface area contributed by atoms with Crippen LogP contribution in [0.25, 0.3) is 0 Å². The van der Waals surface area contributed by atoms with Gasteiger partial charge in [-0.15, -0.1) is 0 Å². The summed E-state index contributed by atoms with van der Waals surface area (Å²) in [5.74, 6) is 4.00. The molecule has 0 aromatic carbocycles. The Bertz CT molecular complexity index is 142. The molecule has 1 nitrogen and oxygen atoms in total. The van der Waals surface area contributed by atoms with Crippen molar-refractivity contribution in [1.29, 1.82) is 0 Å². The molecule has 0 atom stereocenters. The molecule has 1 rings (SSSR count). The van der Waals surface area contributed by atoms with E-state index in [0.29, 0.717) is 0 Å². The molecule has 0 N–H and O–H groups in total. The third-order valence-corrected chi connectivity index (χ3v) is 1.21. The van der Waals surface area contributed by atoms with Crippen molar-refractivity contribution in [3.8, 4) is 0 Å². The van der Waals surface area contributed by atoms with E-state index in [1.165, 1.54) is 0 Å². The van der Waals surface area contributed by atoms with Crippen molar-refractivity contribution in [2.24, 2.45) is 0 Å². The van der Waals surface area contributed by atoms with Crippen molar-refractivity contribution in [3.63, 3.8) is 0 Å². The molecule has 0 aromatic heterocycles. The second-order valence-corrected chi connectivity index (χ2v) is 1.86. The van der Waals surface area contributed by atoms with Crippen LogP contribution in [0.15, 0.2) is 36.3 Å². The lowest BCUT2D eigenvalue weighted by Gasteiger charge is -1.95. The molecular formula is C7H9BO. The third-order valence-electron chi connectivity index (χ3n) is 1.21. The SMILES string of the molecule is COB1C=CC=CC=C1. The Morgan fingerprint density at radius 2 is 1.56 bits per heavy atom. The number of hydrogen-bond donors (Lipinski definition) is 0. The van der Waals surface area contributed by atoms with Gasteiger partial charge >= 0.3 is 6.92 Å². The Balaban J connectivity index is 2.58. The molecule has 0 bridgehead atoms. The zero-order valence-electron chi connectivity index (χ0n) is 5.45. The molecule has 0 fully saturated rings. The summed E-state index contributed by atoms with van der Waals surface area (Å²) in [5, 5.41) is 0. The van der Waals surface area contributed by atoms with E-state index in [1.807, 2.05) is 36.3 Å². The van der Waals surface area contributed by atoms with Crippen LogP contribution in [0, 0.1) is 0 Å². The number of rotatable bonds is 1. The minimum absolute atomic E-state index is 0.153. The van der Waals surface area contributed by atoms with Gasteiger partial charge in [-0.25, -0.2) is 0 Å². The van der Waals surface area contributed by atoms with E-state index in [1.54, 1.807) is 7.11 Å². The van der Waals surface area contributed by atoms with Crippen LogP contribution in [0.5, 0.6) is 0 Å². The molecule has 0 aliphatic carbocycles. The summed E-state index contributed by atoms with van der Waals surface area (Å²) < 4.78 is 5.06. The molecule has 0 amide bonds. The average molecular weight is 120 g/mol. The zero-order valence-corrected chi connectivity index (χ0v) is 5.45. The summed E-state index contributed by atoms with van der Waals surface area (Å²) in [6.07, 6.45) is 7.92. The molecule has 1 aliphatic heterocycles. The van der Waals surface area contributed by atoms with Crippen molar-refractivity contribution in [2.75, 3.05) is 7.11 Å². The lowest BCUT2D eigenvalue weighted by Crippen LogP contribution is -2.08. The summed E-state index contributed by atoms with van der Waals surface area (Å²) in [6.45, 7) is 0.153. The first-order valence-electron chi connectivity index (χ1n) is 2.98. The van der Waals surface area contributed by atoms with E-state index in [4.69, 9.17) is 4.65 Å². The Morgan fingerprint density at radius 3 is 2.00 bits per heavy atom. The maximum absolute atomic E-state index is 5.06. The predicted molar refractivity (Wildman–Crippen MR) is 40.2 cm³/mol. The molecule has 0 spiro atoms. The van der Waals surface area contributed by atoms with Crippen LogP contribution in [0.2, 0.25) is 0 Å². The van der Waals surface area contributed by atoms with Gasteiger partial charge in [0.25, 0.3) is 0 Å². The Kier molecular flexibility index (Phi) is 2.34. The normalized spacial score (nSPS) is 16.3. The van der Waals surface area contributed by atoms with Gasteiger partial charge in [0, 0.05) is 7.11 Å². The molecule has 1 aliphatic rings. The Morgan fingerprint density at radius 1 is 1.00 bits per heavy atom. The molecule has 0 radical (unpaired) electrons. The van der Waals surface area contributed by atoms with Gasteiger partial charge in [0.2, 0.25) is 0 Å². The standard InChI is InChI=1S/C7H9BO/c1-9-8-6-4-2-3-5-7-8/h2-7H,1H3. The fourth-order valence-corrected chi connectivity index (χ4v) is 0.697. The Hall–Kier alpha value is -0.755. The lowest BCUT2D eigenvalue weighted by atomic mass is 9.68. The van der Waals surface area contributed by atoms with Crippen LogP contribution in [-0.2, 0) is 4.65 Å². The van der Waals surface area contributed by atoms with Crippen LogP contribution in [-0.4, -0.2) is 14.0 Å². The summed E-state index contributed by atoms with van der Waals surface area (Å²) in [7, 11) is 1.70. The number of allylic oxidation sites excluding steroid dienone is 4. The average Bonchev–Trinajstić information content (AvgIpc) is 2.13. The first-order valence-corrected chi connectivity index (χ1v) is 2.98. The minimum Gasteiger partial charge on any atom is -0.430 e. The van der Waals surface area contributed by atoms with Crippen LogP contribution < -0.4 is 0 Å². The lowest BCUT2D eigenvalue weighted by molar-refractivity contribution is 0.437. The summed E-state index contributed by atoms with van der Waals surface area (Å²) >= 11 is 0. The molecule has 9 heavy (non-hydrogen) atoms. The molecule has 2 heteroatoms.